The average Bonchev–Trinajstić information content (AvgIpc) is 2.02. The second kappa shape index (κ2) is 2.48. The summed E-state index contributed by atoms with van der Waals surface area (Å²) >= 11 is 0. The highest BCUT2D eigenvalue weighted by Crippen LogP contribution is 2.49. The molecule has 0 aromatic carbocycles. The van der Waals surface area contributed by atoms with E-state index in [2.05, 4.69) is 4.98 Å². The molecule has 1 heterocycles. The molecule has 0 unspecified atom stereocenters. The fraction of sp³-hybridized carbons (Fsp3) is 0.444. The maximum atomic E-state index is 12.6. The molecule has 1 aromatic rings. The first-order chi connectivity index (χ1) is 6.02. The van der Waals surface area contributed by atoms with Gasteiger partial charge in [-0.2, -0.15) is 0 Å². The van der Waals surface area contributed by atoms with Crippen LogP contribution in [0.5, 0.6) is 0 Å². The van der Waals surface area contributed by atoms with Crippen molar-refractivity contribution in [3.05, 3.63) is 30.1 Å². The van der Waals surface area contributed by atoms with Gasteiger partial charge in [0.1, 0.15) is 0 Å². The van der Waals surface area contributed by atoms with Crippen molar-refractivity contribution in [3.8, 4) is 0 Å². The Hall–Kier alpha value is -1.03. The third kappa shape index (κ3) is 1.42. The molecule has 2 nitrogen and oxygen atoms in total. The molecule has 1 fully saturated rings. The van der Waals surface area contributed by atoms with Crippen molar-refractivity contribution in [1.82, 2.24) is 4.98 Å². The van der Waals surface area contributed by atoms with E-state index in [1.54, 1.807) is 24.4 Å². The molecule has 0 atom stereocenters. The topological polar surface area (TPSA) is 38.9 Å². The summed E-state index contributed by atoms with van der Waals surface area (Å²) < 4.78 is 25.2. The molecule has 0 bridgehead atoms. The summed E-state index contributed by atoms with van der Waals surface area (Å²) in [6, 6.07) is 5.19. The first-order valence-electron chi connectivity index (χ1n) is 4.10. The number of pyridine rings is 1. The van der Waals surface area contributed by atoms with Crippen LogP contribution in [0.3, 0.4) is 0 Å². The van der Waals surface area contributed by atoms with Crippen molar-refractivity contribution in [1.29, 1.82) is 0 Å². The number of alkyl halides is 2. The first-order valence-corrected chi connectivity index (χ1v) is 4.10. The van der Waals surface area contributed by atoms with Gasteiger partial charge in [-0.05, 0) is 12.1 Å². The van der Waals surface area contributed by atoms with Gasteiger partial charge >= 0.3 is 0 Å². The lowest BCUT2D eigenvalue weighted by molar-refractivity contribution is -0.126. The fourth-order valence-corrected chi connectivity index (χ4v) is 1.71. The van der Waals surface area contributed by atoms with Crippen molar-refractivity contribution < 1.29 is 8.78 Å². The smallest absolute Gasteiger partial charge is 0.252 e. The second-order valence-electron chi connectivity index (χ2n) is 3.58. The number of nitrogens with two attached hydrogens (primary N) is 1. The third-order valence-electron chi connectivity index (χ3n) is 2.32. The van der Waals surface area contributed by atoms with E-state index in [0.29, 0.717) is 5.69 Å². The Balaban J connectivity index is 2.21. The average molecular weight is 184 g/mol. The highest BCUT2D eigenvalue weighted by atomic mass is 19.3. The van der Waals surface area contributed by atoms with E-state index in [1.165, 1.54) is 0 Å². The second-order valence-corrected chi connectivity index (χ2v) is 3.58. The van der Waals surface area contributed by atoms with Crippen LogP contribution < -0.4 is 5.73 Å². The SMILES string of the molecule is NC1(c2ccccn2)CC(F)(F)C1. The van der Waals surface area contributed by atoms with Crippen LogP contribution in [0.15, 0.2) is 24.4 Å². The van der Waals surface area contributed by atoms with Crippen molar-refractivity contribution in [2.24, 2.45) is 5.73 Å². The summed E-state index contributed by atoms with van der Waals surface area (Å²) in [6.45, 7) is 0. The van der Waals surface area contributed by atoms with Crippen LogP contribution >= 0.6 is 0 Å². The van der Waals surface area contributed by atoms with Crippen LogP contribution in [0.4, 0.5) is 8.78 Å². The zero-order chi connectivity index (χ0) is 9.53. The summed E-state index contributed by atoms with van der Waals surface area (Å²) in [5.74, 6) is -2.60. The van der Waals surface area contributed by atoms with Gasteiger partial charge in [-0.15, -0.1) is 0 Å². The minimum Gasteiger partial charge on any atom is -0.320 e. The lowest BCUT2D eigenvalue weighted by atomic mass is 9.72. The van der Waals surface area contributed by atoms with Crippen LogP contribution in [0.1, 0.15) is 18.5 Å². The predicted octanol–water partition coefficient (Wildman–Crippen LogP) is 1.66. The van der Waals surface area contributed by atoms with Crippen LogP contribution in [-0.2, 0) is 5.54 Å². The third-order valence-corrected chi connectivity index (χ3v) is 2.32. The number of hydrogen-bond acceptors (Lipinski definition) is 2. The molecule has 0 amide bonds. The fourth-order valence-electron chi connectivity index (χ4n) is 1.71. The van der Waals surface area contributed by atoms with Gasteiger partial charge < -0.3 is 5.73 Å². The van der Waals surface area contributed by atoms with Crippen molar-refractivity contribution >= 4 is 0 Å². The molecular formula is C9H10F2N2. The lowest BCUT2D eigenvalue weighted by Gasteiger charge is -2.43. The zero-order valence-electron chi connectivity index (χ0n) is 7.00. The Morgan fingerprint density at radius 2 is 2.00 bits per heavy atom. The van der Waals surface area contributed by atoms with Crippen molar-refractivity contribution in [2.75, 3.05) is 0 Å². The van der Waals surface area contributed by atoms with E-state index in [1.807, 2.05) is 0 Å². The molecule has 1 aliphatic carbocycles. The Morgan fingerprint density at radius 1 is 1.31 bits per heavy atom. The standard InChI is InChI=1S/C9H10F2N2/c10-9(11)5-8(12,6-9)7-3-1-2-4-13-7/h1-4H,5-6,12H2. The molecule has 0 spiro atoms. The molecule has 2 rings (SSSR count). The van der Waals surface area contributed by atoms with Gasteiger partial charge in [0, 0.05) is 19.0 Å². The minimum absolute atomic E-state index is 0.295. The van der Waals surface area contributed by atoms with E-state index >= 15 is 0 Å². The monoisotopic (exact) mass is 184 g/mol. The summed E-state index contributed by atoms with van der Waals surface area (Å²) in [6.07, 6.45) is 0.981. The Morgan fingerprint density at radius 3 is 2.46 bits per heavy atom. The predicted molar refractivity (Wildman–Crippen MR) is 44.3 cm³/mol. The van der Waals surface area contributed by atoms with E-state index < -0.39 is 11.5 Å². The van der Waals surface area contributed by atoms with Gasteiger partial charge in [-0.1, -0.05) is 6.07 Å². The maximum Gasteiger partial charge on any atom is 0.252 e. The van der Waals surface area contributed by atoms with E-state index in [0.717, 1.165) is 0 Å². The van der Waals surface area contributed by atoms with E-state index in [4.69, 9.17) is 5.73 Å². The molecule has 4 heteroatoms. The number of halogens is 2. The maximum absolute atomic E-state index is 12.6. The Bertz CT molecular complexity index is 303. The summed E-state index contributed by atoms with van der Waals surface area (Å²) in [5, 5.41) is 0. The number of rotatable bonds is 1. The Labute approximate surface area is 74.8 Å². The van der Waals surface area contributed by atoms with E-state index in [-0.39, 0.29) is 12.8 Å². The molecule has 1 saturated carbocycles. The van der Waals surface area contributed by atoms with Crippen LogP contribution in [0.25, 0.3) is 0 Å². The molecule has 0 radical (unpaired) electrons. The van der Waals surface area contributed by atoms with Gasteiger partial charge in [-0.25, -0.2) is 8.78 Å². The molecule has 1 aliphatic rings. The Kier molecular flexibility index (Phi) is 1.63. The minimum atomic E-state index is -2.60. The number of aromatic nitrogens is 1. The number of nitrogens with zero attached hydrogens (tertiary/aromatic N) is 1. The molecule has 2 N–H and O–H groups in total. The van der Waals surface area contributed by atoms with Crippen molar-refractivity contribution in [3.63, 3.8) is 0 Å². The van der Waals surface area contributed by atoms with Gasteiger partial charge in [0.15, 0.2) is 0 Å². The molecule has 0 aliphatic heterocycles. The van der Waals surface area contributed by atoms with Crippen LogP contribution in [0, 0.1) is 0 Å². The highest BCUT2D eigenvalue weighted by Gasteiger charge is 2.55. The van der Waals surface area contributed by atoms with E-state index in [9.17, 15) is 8.78 Å². The largest absolute Gasteiger partial charge is 0.320 e. The van der Waals surface area contributed by atoms with Gasteiger partial charge in [0.2, 0.25) is 0 Å². The summed E-state index contributed by atoms with van der Waals surface area (Å²) in [5.41, 5.74) is 5.40. The zero-order valence-corrected chi connectivity index (χ0v) is 7.00. The van der Waals surface area contributed by atoms with Gasteiger partial charge in [0.25, 0.3) is 5.92 Å². The van der Waals surface area contributed by atoms with Gasteiger partial charge in [-0.3, -0.25) is 4.98 Å². The molecule has 13 heavy (non-hydrogen) atoms. The number of hydrogen-bond donors (Lipinski definition) is 1. The van der Waals surface area contributed by atoms with Crippen molar-refractivity contribution in [2.45, 2.75) is 24.3 Å². The lowest BCUT2D eigenvalue weighted by Crippen LogP contribution is -2.55. The molecular weight excluding hydrogens is 174 g/mol. The van der Waals surface area contributed by atoms with Crippen LogP contribution in [-0.4, -0.2) is 10.9 Å². The van der Waals surface area contributed by atoms with Gasteiger partial charge in [0.05, 0.1) is 11.2 Å². The highest BCUT2D eigenvalue weighted by molar-refractivity contribution is 5.21. The summed E-state index contributed by atoms with van der Waals surface area (Å²) in [4.78, 5) is 3.98. The first kappa shape index (κ1) is 8.56. The normalized spacial score (nSPS) is 23.6. The molecule has 1 aromatic heterocycles. The summed E-state index contributed by atoms with van der Waals surface area (Å²) in [7, 11) is 0. The molecule has 0 saturated heterocycles. The molecule has 70 valence electrons. The quantitative estimate of drug-likeness (QED) is 0.721. The van der Waals surface area contributed by atoms with Crippen LogP contribution in [0.2, 0.25) is 0 Å².